The summed E-state index contributed by atoms with van der Waals surface area (Å²) in [4.78, 5) is 16.8. The van der Waals surface area contributed by atoms with Gasteiger partial charge in [-0.3, -0.25) is 0 Å². The number of hydrogen-bond donors (Lipinski definition) is 1. The van der Waals surface area contributed by atoms with Crippen LogP contribution in [0.2, 0.25) is 5.02 Å². The van der Waals surface area contributed by atoms with Crippen molar-refractivity contribution in [3.8, 4) is 5.75 Å². The Balaban J connectivity index is 2.04. The number of carbonyl (C=O) groups is 1. The molecule has 1 aromatic heterocycles. The standard InChI is InChI=1S/C25H25ClN2O3/c1-3-4-6-11-21-22(28-20-14-12-19(26)13-15-20)16-27-23(25(29)30-2)24(21)31-17-18-9-7-5-8-10-18/h5-16,28H,3-4,17H2,1-2H3/b11-6-. The molecule has 0 unspecified atom stereocenters. The fraction of sp³-hybridized carbons (Fsp3) is 0.200. The minimum absolute atomic E-state index is 0.135. The number of pyridine rings is 1. The van der Waals surface area contributed by atoms with E-state index in [-0.39, 0.29) is 5.69 Å². The number of unbranched alkanes of at least 4 members (excludes halogenated alkanes) is 1. The average Bonchev–Trinajstić information content (AvgIpc) is 2.80. The zero-order valence-electron chi connectivity index (χ0n) is 17.6. The van der Waals surface area contributed by atoms with Crippen molar-refractivity contribution in [2.75, 3.05) is 12.4 Å². The Morgan fingerprint density at radius 2 is 1.87 bits per heavy atom. The van der Waals surface area contributed by atoms with Gasteiger partial charge in [-0.15, -0.1) is 0 Å². The molecule has 0 aliphatic rings. The number of esters is 1. The van der Waals surface area contributed by atoms with E-state index in [0.717, 1.165) is 29.7 Å². The number of allylic oxidation sites excluding steroid dienone is 1. The Kier molecular flexibility index (Phi) is 8.07. The van der Waals surface area contributed by atoms with E-state index in [4.69, 9.17) is 21.1 Å². The highest BCUT2D eigenvalue weighted by molar-refractivity contribution is 6.30. The van der Waals surface area contributed by atoms with E-state index in [9.17, 15) is 4.79 Å². The lowest BCUT2D eigenvalue weighted by molar-refractivity contribution is 0.0588. The molecule has 0 bridgehead atoms. The molecule has 160 valence electrons. The summed E-state index contributed by atoms with van der Waals surface area (Å²) in [6.07, 6.45) is 7.52. The molecular weight excluding hydrogens is 412 g/mol. The summed E-state index contributed by atoms with van der Waals surface area (Å²) < 4.78 is 11.1. The van der Waals surface area contributed by atoms with Crippen LogP contribution in [0.4, 0.5) is 11.4 Å². The van der Waals surface area contributed by atoms with Crippen LogP contribution >= 0.6 is 11.6 Å². The van der Waals surface area contributed by atoms with Crippen LogP contribution in [0.3, 0.4) is 0 Å². The molecule has 31 heavy (non-hydrogen) atoms. The molecule has 0 spiro atoms. The van der Waals surface area contributed by atoms with Crippen molar-refractivity contribution in [1.82, 2.24) is 4.98 Å². The minimum atomic E-state index is -0.550. The van der Waals surface area contributed by atoms with Crippen LogP contribution in [0, 0.1) is 0 Å². The number of halogens is 1. The first-order valence-corrected chi connectivity index (χ1v) is 10.5. The molecule has 0 saturated heterocycles. The topological polar surface area (TPSA) is 60.5 Å². The van der Waals surface area contributed by atoms with E-state index in [1.165, 1.54) is 7.11 Å². The minimum Gasteiger partial charge on any atom is -0.486 e. The van der Waals surface area contributed by atoms with Crippen molar-refractivity contribution in [2.24, 2.45) is 0 Å². The average molecular weight is 437 g/mol. The number of rotatable bonds is 9. The van der Waals surface area contributed by atoms with Gasteiger partial charge in [-0.05, 0) is 36.2 Å². The van der Waals surface area contributed by atoms with Crippen LogP contribution < -0.4 is 10.1 Å². The van der Waals surface area contributed by atoms with Gasteiger partial charge in [0.2, 0.25) is 0 Å². The van der Waals surface area contributed by atoms with Crippen molar-refractivity contribution >= 4 is 35.0 Å². The van der Waals surface area contributed by atoms with E-state index in [0.29, 0.717) is 23.1 Å². The van der Waals surface area contributed by atoms with Crippen LogP contribution in [-0.4, -0.2) is 18.1 Å². The van der Waals surface area contributed by atoms with Gasteiger partial charge in [-0.1, -0.05) is 67.4 Å². The lowest BCUT2D eigenvalue weighted by Crippen LogP contribution is -2.11. The van der Waals surface area contributed by atoms with Gasteiger partial charge in [0.15, 0.2) is 11.4 Å². The Morgan fingerprint density at radius 1 is 1.13 bits per heavy atom. The zero-order valence-corrected chi connectivity index (χ0v) is 18.4. The Morgan fingerprint density at radius 3 is 2.55 bits per heavy atom. The molecule has 0 aliphatic heterocycles. The van der Waals surface area contributed by atoms with Crippen molar-refractivity contribution in [2.45, 2.75) is 26.4 Å². The normalized spacial score (nSPS) is 10.8. The van der Waals surface area contributed by atoms with Crippen LogP contribution in [-0.2, 0) is 11.3 Å². The number of ether oxygens (including phenoxy) is 2. The first-order chi connectivity index (χ1) is 15.1. The second-order valence-electron chi connectivity index (χ2n) is 6.85. The summed E-state index contributed by atoms with van der Waals surface area (Å²) in [5, 5.41) is 4.00. The van der Waals surface area contributed by atoms with E-state index in [2.05, 4.69) is 23.3 Å². The summed E-state index contributed by atoms with van der Waals surface area (Å²) in [6, 6.07) is 17.1. The Labute approximate surface area is 187 Å². The number of methoxy groups -OCH3 is 1. The molecule has 0 fully saturated rings. The molecule has 5 nitrogen and oxygen atoms in total. The molecule has 0 saturated carbocycles. The number of benzene rings is 2. The van der Waals surface area contributed by atoms with Crippen LogP contribution in [0.15, 0.2) is 66.9 Å². The maximum Gasteiger partial charge on any atom is 0.360 e. The fourth-order valence-corrected chi connectivity index (χ4v) is 3.07. The molecule has 3 aromatic rings. The molecule has 0 atom stereocenters. The van der Waals surface area contributed by atoms with E-state index in [1.54, 1.807) is 18.3 Å². The molecular formula is C25H25ClN2O3. The monoisotopic (exact) mass is 436 g/mol. The molecule has 1 heterocycles. The van der Waals surface area contributed by atoms with Crippen LogP contribution in [0.25, 0.3) is 6.08 Å². The molecule has 0 radical (unpaired) electrons. The lowest BCUT2D eigenvalue weighted by Gasteiger charge is -2.17. The van der Waals surface area contributed by atoms with Crippen molar-refractivity contribution < 1.29 is 14.3 Å². The number of anilines is 2. The maximum atomic E-state index is 12.4. The van der Waals surface area contributed by atoms with E-state index in [1.807, 2.05) is 48.5 Å². The second-order valence-corrected chi connectivity index (χ2v) is 7.29. The summed E-state index contributed by atoms with van der Waals surface area (Å²) in [7, 11) is 1.33. The van der Waals surface area contributed by atoms with Crippen molar-refractivity contribution in [3.63, 3.8) is 0 Å². The van der Waals surface area contributed by atoms with Gasteiger partial charge in [0.1, 0.15) is 6.61 Å². The van der Waals surface area contributed by atoms with Gasteiger partial charge >= 0.3 is 5.97 Å². The van der Waals surface area contributed by atoms with Gasteiger partial charge in [-0.2, -0.15) is 0 Å². The number of nitrogens with one attached hydrogen (secondary N) is 1. The quantitative estimate of drug-likeness (QED) is 0.380. The Hall–Kier alpha value is -3.31. The predicted octanol–water partition coefficient (Wildman–Crippen LogP) is 6.66. The predicted molar refractivity (Wildman–Crippen MR) is 125 cm³/mol. The van der Waals surface area contributed by atoms with Gasteiger partial charge in [0.25, 0.3) is 0 Å². The first-order valence-electron chi connectivity index (χ1n) is 10.1. The van der Waals surface area contributed by atoms with Gasteiger partial charge in [0, 0.05) is 16.3 Å². The number of hydrogen-bond acceptors (Lipinski definition) is 5. The third-order valence-electron chi connectivity index (χ3n) is 4.54. The summed E-state index contributed by atoms with van der Waals surface area (Å²) >= 11 is 6.00. The third-order valence-corrected chi connectivity index (χ3v) is 4.79. The SMILES string of the molecule is CCC/C=C\c1c(Nc2ccc(Cl)cc2)cnc(C(=O)OC)c1OCc1ccccc1. The number of carbonyl (C=O) groups excluding carboxylic acids is 1. The van der Waals surface area contributed by atoms with Crippen LogP contribution in [0.1, 0.15) is 41.4 Å². The van der Waals surface area contributed by atoms with E-state index >= 15 is 0 Å². The van der Waals surface area contributed by atoms with Crippen molar-refractivity contribution in [3.05, 3.63) is 88.7 Å². The third kappa shape index (κ3) is 6.09. The molecule has 1 N–H and O–H groups in total. The number of aromatic nitrogens is 1. The number of nitrogens with zero attached hydrogens (tertiary/aromatic N) is 1. The zero-order chi connectivity index (χ0) is 22.1. The highest BCUT2D eigenvalue weighted by atomic mass is 35.5. The molecule has 0 amide bonds. The summed E-state index contributed by atoms with van der Waals surface area (Å²) in [5.41, 5.74) is 3.41. The van der Waals surface area contributed by atoms with Gasteiger partial charge in [-0.25, -0.2) is 9.78 Å². The summed E-state index contributed by atoms with van der Waals surface area (Å²) in [6.45, 7) is 2.40. The smallest absolute Gasteiger partial charge is 0.360 e. The van der Waals surface area contributed by atoms with E-state index < -0.39 is 5.97 Å². The largest absolute Gasteiger partial charge is 0.486 e. The second kappa shape index (κ2) is 11.2. The lowest BCUT2D eigenvalue weighted by atomic mass is 10.1. The molecule has 2 aromatic carbocycles. The molecule has 0 aliphatic carbocycles. The van der Waals surface area contributed by atoms with Gasteiger partial charge in [0.05, 0.1) is 19.0 Å². The van der Waals surface area contributed by atoms with Gasteiger partial charge < -0.3 is 14.8 Å². The molecule has 6 heteroatoms. The van der Waals surface area contributed by atoms with Crippen molar-refractivity contribution in [1.29, 1.82) is 0 Å². The fourth-order valence-electron chi connectivity index (χ4n) is 2.95. The highest BCUT2D eigenvalue weighted by Gasteiger charge is 2.21. The Bertz CT molecular complexity index is 1030. The summed E-state index contributed by atoms with van der Waals surface area (Å²) in [5.74, 6) is -0.173. The first kappa shape index (κ1) is 22.4. The molecule has 3 rings (SSSR count). The highest BCUT2D eigenvalue weighted by Crippen LogP contribution is 2.34. The van der Waals surface area contributed by atoms with Crippen LogP contribution in [0.5, 0.6) is 5.75 Å². The maximum absolute atomic E-state index is 12.4.